The number of quaternary nitrogens is 1. The average Bonchev–Trinajstić information content (AvgIpc) is 3.03. The largest absolute Gasteiger partial charge is 0.466 e. The molecule has 0 amide bonds. The predicted octanol–water partition coefficient (Wildman–Crippen LogP) is 12.3. The van der Waals surface area contributed by atoms with Gasteiger partial charge in [0, 0.05) is 12.8 Å². The number of carbonyl (C=O) groups is 2. The minimum Gasteiger partial charge on any atom is -0.466 e. The van der Waals surface area contributed by atoms with E-state index in [4.69, 9.17) is 9.47 Å². The van der Waals surface area contributed by atoms with Crippen molar-refractivity contribution in [3.05, 3.63) is 0 Å². The van der Waals surface area contributed by atoms with Gasteiger partial charge < -0.3 is 14.0 Å². The van der Waals surface area contributed by atoms with Crippen LogP contribution in [0.1, 0.15) is 213 Å². The summed E-state index contributed by atoms with van der Waals surface area (Å²) in [6.07, 6.45) is 35.1. The maximum Gasteiger partial charge on any atom is 0.306 e. The fraction of sp³-hybridized carbons (Fsp3) is 0.951. The van der Waals surface area contributed by atoms with Gasteiger partial charge in [-0.1, -0.05) is 130 Å². The fourth-order valence-corrected chi connectivity index (χ4v) is 6.39. The first-order chi connectivity index (χ1) is 22.3. The zero-order valence-corrected chi connectivity index (χ0v) is 32.0. The van der Waals surface area contributed by atoms with Gasteiger partial charge in [-0.3, -0.25) is 9.59 Å². The molecule has 0 saturated heterocycles. The van der Waals surface area contributed by atoms with Crippen molar-refractivity contribution in [2.45, 2.75) is 219 Å². The first-order valence-electron chi connectivity index (χ1n) is 20.5. The Balaban J connectivity index is 3.78. The van der Waals surface area contributed by atoms with Gasteiger partial charge >= 0.3 is 11.9 Å². The molecule has 0 aromatic heterocycles. The van der Waals surface area contributed by atoms with E-state index in [-0.39, 0.29) is 18.0 Å². The predicted molar refractivity (Wildman–Crippen MR) is 198 cm³/mol. The molecular formula is C41H82NO4+. The van der Waals surface area contributed by atoms with Crippen molar-refractivity contribution in [2.24, 2.45) is 0 Å². The summed E-state index contributed by atoms with van der Waals surface area (Å²) in [6.45, 7) is 9.81. The quantitative estimate of drug-likeness (QED) is 0.0384. The number of hydrogen-bond donors (Lipinski definition) is 0. The van der Waals surface area contributed by atoms with E-state index in [2.05, 4.69) is 34.9 Å². The van der Waals surface area contributed by atoms with E-state index in [1.807, 2.05) is 0 Å². The standard InChI is InChI=1S/C41H82NO4/c1-6-9-12-15-16-24-31-38-45-40(43)34-27-20-17-22-29-36-42(4,5)37-30-23-18-21-28-35-41(44)46-39(32-25-14-11-8-3)33-26-19-13-10-7-2/h39H,6-38H2,1-5H3/q+1. The number of unbranched alkanes of at least 4 members (excludes halogenated alkanes) is 21. The third kappa shape index (κ3) is 32.8. The van der Waals surface area contributed by atoms with E-state index in [0.717, 1.165) is 49.4 Å². The summed E-state index contributed by atoms with van der Waals surface area (Å²) in [7, 11) is 4.72. The first kappa shape index (κ1) is 44.9. The molecule has 0 fully saturated rings. The second-order valence-electron chi connectivity index (χ2n) is 14.9. The van der Waals surface area contributed by atoms with Gasteiger partial charge in [0.15, 0.2) is 0 Å². The summed E-state index contributed by atoms with van der Waals surface area (Å²) in [5.41, 5.74) is 0. The lowest BCUT2D eigenvalue weighted by molar-refractivity contribution is -0.890. The second-order valence-corrected chi connectivity index (χ2v) is 14.9. The molecule has 0 aliphatic carbocycles. The minimum absolute atomic E-state index is 0.00554. The third-order valence-corrected chi connectivity index (χ3v) is 9.61. The van der Waals surface area contributed by atoms with Crippen LogP contribution in [0.3, 0.4) is 0 Å². The summed E-state index contributed by atoms with van der Waals surface area (Å²) in [6, 6.07) is 0. The van der Waals surface area contributed by atoms with Crippen LogP contribution in [0.4, 0.5) is 0 Å². The van der Waals surface area contributed by atoms with Crippen LogP contribution >= 0.6 is 0 Å². The molecule has 0 heterocycles. The normalized spacial score (nSPS) is 12.4. The van der Waals surface area contributed by atoms with Crippen molar-refractivity contribution in [1.29, 1.82) is 0 Å². The minimum atomic E-state index is -0.00554. The van der Waals surface area contributed by atoms with Gasteiger partial charge in [0.05, 0.1) is 33.8 Å². The van der Waals surface area contributed by atoms with Crippen LogP contribution in [0.25, 0.3) is 0 Å². The maximum absolute atomic E-state index is 12.6. The van der Waals surface area contributed by atoms with E-state index >= 15 is 0 Å². The van der Waals surface area contributed by atoms with Crippen LogP contribution < -0.4 is 0 Å². The van der Waals surface area contributed by atoms with Crippen LogP contribution in [0, 0.1) is 0 Å². The Kier molecular flexibility index (Phi) is 33.0. The van der Waals surface area contributed by atoms with Gasteiger partial charge in [-0.05, 0) is 70.6 Å². The highest BCUT2D eigenvalue weighted by atomic mass is 16.5. The fourth-order valence-electron chi connectivity index (χ4n) is 6.39. The van der Waals surface area contributed by atoms with Gasteiger partial charge in [-0.2, -0.15) is 0 Å². The molecule has 0 aliphatic rings. The Morgan fingerprint density at radius 1 is 0.457 bits per heavy atom. The number of nitrogens with zero attached hydrogens (tertiary/aromatic N) is 1. The summed E-state index contributed by atoms with van der Waals surface area (Å²) in [4.78, 5) is 24.5. The SMILES string of the molecule is CCCCCCCCCOC(=O)CCCCCCC[N+](C)(C)CCCCCCCC(=O)OC(CCCCCC)CCCCCCC. The summed E-state index contributed by atoms with van der Waals surface area (Å²) in [5.74, 6) is 0.0274. The van der Waals surface area contributed by atoms with E-state index in [1.165, 1.54) is 148 Å². The monoisotopic (exact) mass is 653 g/mol. The summed E-state index contributed by atoms with van der Waals surface area (Å²) in [5, 5.41) is 0. The van der Waals surface area contributed by atoms with Gasteiger partial charge in [-0.25, -0.2) is 0 Å². The van der Waals surface area contributed by atoms with Crippen molar-refractivity contribution in [2.75, 3.05) is 33.8 Å². The second kappa shape index (κ2) is 33.8. The molecule has 0 saturated carbocycles. The molecule has 0 aromatic rings. The lowest BCUT2D eigenvalue weighted by Gasteiger charge is -2.30. The molecule has 0 aromatic carbocycles. The number of rotatable bonds is 36. The van der Waals surface area contributed by atoms with E-state index in [0.29, 0.717) is 19.4 Å². The zero-order chi connectivity index (χ0) is 34.0. The van der Waals surface area contributed by atoms with Gasteiger partial charge in [0.2, 0.25) is 0 Å². The molecule has 1 atom stereocenters. The Labute approximate surface area is 288 Å². The van der Waals surface area contributed by atoms with Gasteiger partial charge in [-0.15, -0.1) is 0 Å². The highest BCUT2D eigenvalue weighted by Crippen LogP contribution is 2.18. The molecule has 0 bridgehead atoms. The van der Waals surface area contributed by atoms with E-state index in [9.17, 15) is 9.59 Å². The van der Waals surface area contributed by atoms with Crippen molar-refractivity contribution >= 4 is 11.9 Å². The topological polar surface area (TPSA) is 52.6 Å². The molecule has 0 spiro atoms. The summed E-state index contributed by atoms with van der Waals surface area (Å²) < 4.78 is 12.5. The maximum atomic E-state index is 12.6. The smallest absolute Gasteiger partial charge is 0.306 e. The zero-order valence-electron chi connectivity index (χ0n) is 32.0. The van der Waals surface area contributed by atoms with Crippen LogP contribution in [-0.2, 0) is 19.1 Å². The lowest BCUT2D eigenvalue weighted by Crippen LogP contribution is -2.41. The lowest BCUT2D eigenvalue weighted by atomic mass is 10.0. The molecule has 46 heavy (non-hydrogen) atoms. The van der Waals surface area contributed by atoms with Crippen LogP contribution in [0.2, 0.25) is 0 Å². The van der Waals surface area contributed by atoms with E-state index < -0.39 is 0 Å². The molecule has 0 radical (unpaired) electrons. The van der Waals surface area contributed by atoms with Gasteiger partial charge in [0.1, 0.15) is 6.10 Å². The first-order valence-corrected chi connectivity index (χ1v) is 20.5. The van der Waals surface area contributed by atoms with Crippen LogP contribution in [0.15, 0.2) is 0 Å². The Morgan fingerprint density at radius 3 is 1.33 bits per heavy atom. The van der Waals surface area contributed by atoms with Crippen LogP contribution in [-0.4, -0.2) is 56.3 Å². The van der Waals surface area contributed by atoms with Crippen molar-refractivity contribution in [3.8, 4) is 0 Å². The Morgan fingerprint density at radius 2 is 0.826 bits per heavy atom. The van der Waals surface area contributed by atoms with Gasteiger partial charge in [0.25, 0.3) is 0 Å². The molecule has 0 rings (SSSR count). The molecule has 5 nitrogen and oxygen atoms in total. The summed E-state index contributed by atoms with van der Waals surface area (Å²) >= 11 is 0. The molecule has 0 N–H and O–H groups in total. The van der Waals surface area contributed by atoms with E-state index in [1.54, 1.807) is 0 Å². The highest BCUT2D eigenvalue weighted by Gasteiger charge is 2.15. The average molecular weight is 653 g/mol. The van der Waals surface area contributed by atoms with Crippen LogP contribution in [0.5, 0.6) is 0 Å². The highest BCUT2D eigenvalue weighted by molar-refractivity contribution is 5.69. The number of ether oxygens (including phenoxy) is 2. The number of hydrogen-bond acceptors (Lipinski definition) is 4. The van der Waals surface area contributed by atoms with Crippen molar-refractivity contribution in [1.82, 2.24) is 0 Å². The molecule has 5 heteroatoms. The molecular weight excluding hydrogens is 570 g/mol. The molecule has 274 valence electrons. The molecule has 1 unspecified atom stereocenters. The Bertz CT molecular complexity index is 665. The number of esters is 2. The Hall–Kier alpha value is -1.10. The van der Waals surface area contributed by atoms with Crippen molar-refractivity contribution in [3.63, 3.8) is 0 Å². The van der Waals surface area contributed by atoms with Crippen molar-refractivity contribution < 1.29 is 23.5 Å². The molecule has 0 aliphatic heterocycles. The third-order valence-electron chi connectivity index (χ3n) is 9.61. The number of carbonyl (C=O) groups excluding carboxylic acids is 2.